The Morgan fingerprint density at radius 3 is 1.14 bits per heavy atom. The molecule has 0 aliphatic heterocycles. The molecule has 8 heteroatoms. The number of hydrogen-bond acceptors (Lipinski definition) is 4. The summed E-state index contributed by atoms with van der Waals surface area (Å²) in [6.07, 6.45) is 5.81. The maximum atomic E-state index is 10.2. The predicted molar refractivity (Wildman–Crippen MR) is 78.6 cm³/mol. The average Bonchev–Trinajstić information content (AvgIpc) is 2.48. The van der Waals surface area contributed by atoms with E-state index in [0.717, 1.165) is 0 Å². The molecular weight excluding hydrogens is 292 g/mol. The first-order valence-electron chi connectivity index (χ1n) is 6.11. The molecule has 0 spiro atoms. The van der Waals surface area contributed by atoms with Gasteiger partial charge in [0, 0.05) is 49.1 Å². The Labute approximate surface area is 125 Å². The van der Waals surface area contributed by atoms with Crippen molar-refractivity contribution in [2.24, 2.45) is 0 Å². The number of aromatic nitrogens is 2. The zero-order valence-electron chi connectivity index (χ0n) is 11.6. The number of rotatable bonds is 3. The van der Waals surface area contributed by atoms with Crippen molar-refractivity contribution in [2.45, 2.75) is 12.8 Å². The molecular formula is C14H16N2O6. The van der Waals surface area contributed by atoms with Crippen LogP contribution in [0.1, 0.15) is 12.8 Å². The summed E-state index contributed by atoms with van der Waals surface area (Å²) < 4.78 is 0. The molecule has 0 bridgehead atoms. The first-order valence-corrected chi connectivity index (χ1v) is 6.11. The van der Waals surface area contributed by atoms with Crippen LogP contribution < -0.4 is 10.9 Å². The Bertz CT molecular complexity index is 583. The van der Waals surface area contributed by atoms with Gasteiger partial charge in [-0.05, 0) is 0 Å². The van der Waals surface area contributed by atoms with Crippen molar-refractivity contribution in [2.75, 3.05) is 0 Å². The summed E-state index contributed by atoms with van der Waals surface area (Å²) in [7, 11) is 0. The van der Waals surface area contributed by atoms with Crippen LogP contribution in [0.5, 0.6) is 0 Å². The topological polar surface area (TPSA) is 140 Å². The number of carbonyl (C=O) groups is 2. The quantitative estimate of drug-likeness (QED) is 0.657. The van der Waals surface area contributed by atoms with Crippen molar-refractivity contribution < 1.29 is 19.8 Å². The van der Waals surface area contributed by atoms with Crippen LogP contribution >= 0.6 is 0 Å². The van der Waals surface area contributed by atoms with Crippen molar-refractivity contribution >= 4 is 11.9 Å². The third-order valence-electron chi connectivity index (χ3n) is 1.93. The van der Waals surface area contributed by atoms with E-state index >= 15 is 0 Å². The maximum Gasteiger partial charge on any atom is 0.303 e. The second-order valence-electron chi connectivity index (χ2n) is 3.76. The van der Waals surface area contributed by atoms with Gasteiger partial charge in [-0.3, -0.25) is 19.2 Å². The Hall–Kier alpha value is -3.16. The number of aliphatic carboxylic acids is 2. The monoisotopic (exact) mass is 308 g/mol. The van der Waals surface area contributed by atoms with Gasteiger partial charge in [0.1, 0.15) is 0 Å². The molecule has 0 aliphatic rings. The lowest BCUT2D eigenvalue weighted by Gasteiger charge is -1.85. The molecule has 4 N–H and O–H groups in total. The highest BCUT2D eigenvalue weighted by atomic mass is 16.4. The minimum Gasteiger partial charge on any atom is -0.481 e. The fourth-order valence-electron chi connectivity index (χ4n) is 0.957. The molecule has 2 aromatic rings. The summed E-state index contributed by atoms with van der Waals surface area (Å²) >= 11 is 0. The van der Waals surface area contributed by atoms with Gasteiger partial charge in [-0.1, -0.05) is 0 Å². The second kappa shape index (κ2) is 11.6. The maximum absolute atomic E-state index is 10.2. The first-order chi connectivity index (χ1) is 10.4. The van der Waals surface area contributed by atoms with E-state index < -0.39 is 11.9 Å². The summed E-state index contributed by atoms with van der Waals surface area (Å²) in [6, 6.07) is 5.89. The van der Waals surface area contributed by atoms with Crippen molar-refractivity contribution in [3.05, 3.63) is 69.5 Å². The average molecular weight is 308 g/mol. The third kappa shape index (κ3) is 13.3. The van der Waals surface area contributed by atoms with E-state index in [9.17, 15) is 19.2 Å². The van der Waals surface area contributed by atoms with Crippen LogP contribution in [-0.4, -0.2) is 32.1 Å². The summed E-state index contributed by atoms with van der Waals surface area (Å²) in [5.41, 5.74) is 0.0810. The van der Waals surface area contributed by atoms with Crippen molar-refractivity contribution in [1.82, 2.24) is 9.97 Å². The number of aromatic amines is 2. The summed E-state index contributed by atoms with van der Waals surface area (Å²) in [6.45, 7) is 0. The molecule has 0 unspecified atom stereocenters. The molecule has 22 heavy (non-hydrogen) atoms. The number of carboxylic acid groups (broad SMARTS) is 2. The Kier molecular flexibility index (Phi) is 9.98. The van der Waals surface area contributed by atoms with Crippen LogP contribution in [0.15, 0.2) is 58.6 Å². The van der Waals surface area contributed by atoms with Gasteiger partial charge in [0.2, 0.25) is 0 Å². The SMILES string of the molecule is O=C(O)CCC(=O)O.O=c1cc[nH]cc1.O=c1cc[nH]cc1. The lowest BCUT2D eigenvalue weighted by Crippen LogP contribution is -2.00. The molecule has 0 aliphatic carbocycles. The van der Waals surface area contributed by atoms with Crippen LogP contribution in [0, 0.1) is 0 Å². The Balaban J connectivity index is 0.000000301. The summed E-state index contributed by atoms with van der Waals surface area (Å²) in [5, 5.41) is 15.8. The number of nitrogens with one attached hydrogen (secondary N) is 2. The Morgan fingerprint density at radius 2 is 1.00 bits per heavy atom. The number of H-pyrrole nitrogens is 2. The molecule has 0 saturated heterocycles. The van der Waals surface area contributed by atoms with Gasteiger partial charge >= 0.3 is 11.9 Å². The number of hydrogen-bond donors (Lipinski definition) is 4. The van der Waals surface area contributed by atoms with Crippen LogP contribution in [0.25, 0.3) is 0 Å². The number of carboxylic acids is 2. The smallest absolute Gasteiger partial charge is 0.303 e. The van der Waals surface area contributed by atoms with Crippen LogP contribution in [0.3, 0.4) is 0 Å². The minimum atomic E-state index is -1.08. The van der Waals surface area contributed by atoms with E-state index in [1.807, 2.05) is 0 Å². The van der Waals surface area contributed by atoms with E-state index in [1.165, 1.54) is 24.3 Å². The number of pyridine rings is 2. The van der Waals surface area contributed by atoms with Gasteiger partial charge in [-0.15, -0.1) is 0 Å². The van der Waals surface area contributed by atoms with E-state index in [1.54, 1.807) is 24.8 Å². The second-order valence-corrected chi connectivity index (χ2v) is 3.76. The van der Waals surface area contributed by atoms with Crippen LogP contribution in [-0.2, 0) is 9.59 Å². The van der Waals surface area contributed by atoms with Gasteiger partial charge in [-0.25, -0.2) is 0 Å². The fraction of sp³-hybridized carbons (Fsp3) is 0.143. The highest BCUT2D eigenvalue weighted by molar-refractivity contribution is 5.75. The molecule has 118 valence electrons. The van der Waals surface area contributed by atoms with Crippen molar-refractivity contribution in [3.63, 3.8) is 0 Å². The molecule has 0 amide bonds. The fourth-order valence-corrected chi connectivity index (χ4v) is 0.957. The van der Waals surface area contributed by atoms with E-state index in [-0.39, 0.29) is 23.7 Å². The summed E-state index contributed by atoms with van der Waals surface area (Å²) in [4.78, 5) is 45.2. The van der Waals surface area contributed by atoms with Crippen LogP contribution in [0.2, 0.25) is 0 Å². The molecule has 0 aromatic carbocycles. The highest BCUT2D eigenvalue weighted by Gasteiger charge is 2.00. The van der Waals surface area contributed by atoms with Gasteiger partial charge in [0.15, 0.2) is 10.9 Å². The van der Waals surface area contributed by atoms with E-state index in [0.29, 0.717) is 0 Å². The normalized spacial score (nSPS) is 8.55. The lowest BCUT2D eigenvalue weighted by atomic mass is 10.3. The van der Waals surface area contributed by atoms with Gasteiger partial charge < -0.3 is 20.2 Å². The van der Waals surface area contributed by atoms with E-state index in [4.69, 9.17) is 10.2 Å². The highest BCUT2D eigenvalue weighted by Crippen LogP contribution is 1.86. The summed E-state index contributed by atoms with van der Waals surface area (Å²) in [5.74, 6) is -2.15. The predicted octanol–water partition coefficient (Wildman–Crippen LogP) is 0.686. The van der Waals surface area contributed by atoms with Crippen molar-refractivity contribution in [3.8, 4) is 0 Å². The Morgan fingerprint density at radius 1 is 0.727 bits per heavy atom. The molecule has 0 radical (unpaired) electrons. The minimum absolute atomic E-state index is 0.0405. The van der Waals surface area contributed by atoms with Gasteiger partial charge in [0.25, 0.3) is 0 Å². The van der Waals surface area contributed by atoms with Gasteiger partial charge in [0.05, 0.1) is 12.8 Å². The molecule has 0 fully saturated rings. The molecule has 0 atom stereocenters. The largest absolute Gasteiger partial charge is 0.481 e. The van der Waals surface area contributed by atoms with Crippen molar-refractivity contribution in [1.29, 1.82) is 0 Å². The lowest BCUT2D eigenvalue weighted by molar-refractivity contribution is -0.143. The molecule has 2 heterocycles. The standard InChI is InChI=1S/2C5H5NO.C4H6O4/c2*7-5-1-3-6-4-2-5;5-3(6)1-2-4(7)8/h2*1-4H,(H,6,7);1-2H2,(H,5,6)(H,7,8). The molecule has 2 rings (SSSR count). The third-order valence-corrected chi connectivity index (χ3v) is 1.93. The molecule has 2 aromatic heterocycles. The first kappa shape index (κ1) is 18.8. The zero-order chi connectivity index (χ0) is 16.8. The zero-order valence-corrected chi connectivity index (χ0v) is 11.6. The van der Waals surface area contributed by atoms with E-state index in [2.05, 4.69) is 9.97 Å². The molecule has 0 saturated carbocycles. The van der Waals surface area contributed by atoms with Gasteiger partial charge in [-0.2, -0.15) is 0 Å². The van der Waals surface area contributed by atoms with Crippen LogP contribution in [0.4, 0.5) is 0 Å². The molecule has 8 nitrogen and oxygen atoms in total.